The zero-order valence-corrected chi connectivity index (χ0v) is 11.6. The molecule has 0 bridgehead atoms. The molecule has 0 aliphatic carbocycles. The van der Waals surface area contributed by atoms with E-state index in [0.717, 1.165) is 12.8 Å². The second-order valence-corrected chi connectivity index (χ2v) is 6.20. The van der Waals surface area contributed by atoms with Crippen molar-refractivity contribution >= 4 is 5.97 Å². The van der Waals surface area contributed by atoms with Crippen LogP contribution in [0.4, 0.5) is 0 Å². The third kappa shape index (κ3) is 11.5. The number of unbranched alkanes of at least 4 members (excludes halogenated alkanes) is 2. The average Bonchev–Trinajstić information content (AvgIpc) is 2.12. The Labute approximate surface area is 101 Å². The van der Waals surface area contributed by atoms with Crippen molar-refractivity contribution in [2.24, 2.45) is 11.3 Å². The number of esters is 1. The Bertz CT molecular complexity index is 189. The molecule has 0 N–H and O–H groups in total. The van der Waals surface area contributed by atoms with Crippen molar-refractivity contribution in [1.29, 1.82) is 0 Å². The number of hydrogen-bond donors (Lipinski definition) is 0. The van der Waals surface area contributed by atoms with Gasteiger partial charge in [0.1, 0.15) is 0 Å². The lowest BCUT2D eigenvalue weighted by Gasteiger charge is -2.17. The largest absolute Gasteiger partial charge is 0.465 e. The fraction of sp³-hybridized carbons (Fsp3) is 0.929. The maximum Gasteiger partial charge on any atom is 0.305 e. The first-order valence-electron chi connectivity index (χ1n) is 6.47. The number of rotatable bonds is 7. The number of hydrogen-bond acceptors (Lipinski definition) is 2. The van der Waals surface area contributed by atoms with E-state index in [1.807, 2.05) is 0 Å². The van der Waals surface area contributed by atoms with E-state index in [1.54, 1.807) is 0 Å². The van der Waals surface area contributed by atoms with Crippen molar-refractivity contribution in [1.82, 2.24) is 0 Å². The molecule has 2 nitrogen and oxygen atoms in total. The van der Waals surface area contributed by atoms with Crippen LogP contribution in [0.3, 0.4) is 0 Å². The molecule has 0 rings (SSSR count). The molecule has 0 aromatic carbocycles. The summed E-state index contributed by atoms with van der Waals surface area (Å²) in [7, 11) is 0. The molecule has 0 unspecified atom stereocenters. The molecule has 96 valence electrons. The third-order valence-corrected chi connectivity index (χ3v) is 2.39. The van der Waals surface area contributed by atoms with E-state index in [1.165, 1.54) is 12.8 Å². The SMILES string of the molecule is CC(C)COC(=O)CCCCCC(C)(C)C. The van der Waals surface area contributed by atoms with Crippen molar-refractivity contribution in [3.8, 4) is 0 Å². The molecule has 0 spiro atoms. The van der Waals surface area contributed by atoms with Crippen LogP contribution < -0.4 is 0 Å². The van der Waals surface area contributed by atoms with Crippen molar-refractivity contribution in [2.45, 2.75) is 66.7 Å². The summed E-state index contributed by atoms with van der Waals surface area (Å²) in [5.41, 5.74) is 0.415. The topological polar surface area (TPSA) is 26.3 Å². The summed E-state index contributed by atoms with van der Waals surface area (Å²) < 4.78 is 5.11. The van der Waals surface area contributed by atoms with Crippen LogP contribution in [0, 0.1) is 11.3 Å². The molecule has 0 atom stereocenters. The van der Waals surface area contributed by atoms with E-state index in [-0.39, 0.29) is 5.97 Å². The molecule has 0 amide bonds. The molecule has 2 heteroatoms. The number of carbonyl (C=O) groups is 1. The van der Waals surface area contributed by atoms with Gasteiger partial charge in [0.25, 0.3) is 0 Å². The second kappa shape index (κ2) is 7.70. The van der Waals surface area contributed by atoms with Gasteiger partial charge in [-0.25, -0.2) is 0 Å². The van der Waals surface area contributed by atoms with Crippen molar-refractivity contribution in [3.05, 3.63) is 0 Å². The molecular weight excluding hydrogens is 200 g/mol. The minimum absolute atomic E-state index is 0.0375. The first-order valence-corrected chi connectivity index (χ1v) is 6.47. The van der Waals surface area contributed by atoms with E-state index in [0.29, 0.717) is 24.4 Å². The molecule has 0 heterocycles. The number of ether oxygens (including phenoxy) is 1. The Balaban J connectivity index is 3.35. The van der Waals surface area contributed by atoms with Gasteiger partial charge in [-0.05, 0) is 24.2 Å². The molecule has 16 heavy (non-hydrogen) atoms. The van der Waals surface area contributed by atoms with Gasteiger partial charge >= 0.3 is 5.97 Å². The molecule has 0 fully saturated rings. The summed E-state index contributed by atoms with van der Waals surface area (Å²) in [5, 5.41) is 0. The fourth-order valence-corrected chi connectivity index (χ4v) is 1.43. The zero-order valence-electron chi connectivity index (χ0n) is 11.6. The molecule has 0 radical (unpaired) electrons. The zero-order chi connectivity index (χ0) is 12.6. The second-order valence-electron chi connectivity index (χ2n) is 6.20. The van der Waals surface area contributed by atoms with Gasteiger partial charge in [-0.15, -0.1) is 0 Å². The smallest absolute Gasteiger partial charge is 0.305 e. The summed E-state index contributed by atoms with van der Waals surface area (Å²) in [4.78, 5) is 11.3. The summed E-state index contributed by atoms with van der Waals surface area (Å²) in [6, 6.07) is 0. The van der Waals surface area contributed by atoms with E-state index in [9.17, 15) is 4.79 Å². The number of carbonyl (C=O) groups excluding carboxylic acids is 1. The van der Waals surface area contributed by atoms with Crippen LogP contribution in [0.15, 0.2) is 0 Å². The third-order valence-electron chi connectivity index (χ3n) is 2.39. The lowest BCUT2D eigenvalue weighted by Crippen LogP contribution is -2.09. The van der Waals surface area contributed by atoms with Crippen LogP contribution in [0.5, 0.6) is 0 Å². The Hall–Kier alpha value is -0.530. The highest BCUT2D eigenvalue weighted by atomic mass is 16.5. The molecule has 0 aromatic heterocycles. The monoisotopic (exact) mass is 228 g/mol. The molecule has 0 saturated heterocycles. The predicted octanol–water partition coefficient (Wildman–Crippen LogP) is 4.18. The highest BCUT2D eigenvalue weighted by Gasteiger charge is 2.09. The fourth-order valence-electron chi connectivity index (χ4n) is 1.43. The Morgan fingerprint density at radius 1 is 1.12 bits per heavy atom. The molecule has 0 aliphatic rings. The normalized spacial score (nSPS) is 11.9. The predicted molar refractivity (Wildman–Crippen MR) is 68.3 cm³/mol. The highest BCUT2D eigenvalue weighted by molar-refractivity contribution is 5.69. The molecule has 0 aliphatic heterocycles. The van der Waals surface area contributed by atoms with Gasteiger partial charge in [0, 0.05) is 6.42 Å². The Kier molecular flexibility index (Phi) is 7.44. The van der Waals surface area contributed by atoms with Gasteiger partial charge < -0.3 is 4.74 Å². The summed E-state index contributed by atoms with van der Waals surface area (Å²) in [6.07, 6.45) is 5.12. The van der Waals surface area contributed by atoms with Gasteiger partial charge in [0.05, 0.1) is 6.61 Å². The highest BCUT2D eigenvalue weighted by Crippen LogP contribution is 2.22. The van der Waals surface area contributed by atoms with E-state index < -0.39 is 0 Å². The van der Waals surface area contributed by atoms with Crippen molar-refractivity contribution in [3.63, 3.8) is 0 Å². The first kappa shape index (κ1) is 15.5. The van der Waals surface area contributed by atoms with Crippen molar-refractivity contribution < 1.29 is 9.53 Å². The molecule has 0 saturated carbocycles. The standard InChI is InChI=1S/C14H28O2/c1-12(2)11-16-13(15)9-7-6-8-10-14(3,4)5/h12H,6-11H2,1-5H3. The van der Waals surface area contributed by atoms with Crippen LogP contribution in [0.1, 0.15) is 66.7 Å². The van der Waals surface area contributed by atoms with Crippen molar-refractivity contribution in [2.75, 3.05) is 6.61 Å². The van der Waals surface area contributed by atoms with E-state index >= 15 is 0 Å². The van der Waals surface area contributed by atoms with E-state index in [4.69, 9.17) is 4.74 Å². The van der Waals surface area contributed by atoms with E-state index in [2.05, 4.69) is 34.6 Å². The Morgan fingerprint density at radius 2 is 1.75 bits per heavy atom. The minimum Gasteiger partial charge on any atom is -0.465 e. The first-order chi connectivity index (χ1) is 7.31. The van der Waals surface area contributed by atoms with Crippen LogP contribution in [0.2, 0.25) is 0 Å². The lowest BCUT2D eigenvalue weighted by atomic mass is 9.89. The summed E-state index contributed by atoms with van der Waals surface area (Å²) >= 11 is 0. The van der Waals surface area contributed by atoms with Gasteiger partial charge in [-0.3, -0.25) is 4.79 Å². The quantitative estimate of drug-likeness (QED) is 0.482. The lowest BCUT2D eigenvalue weighted by molar-refractivity contribution is -0.144. The van der Waals surface area contributed by atoms with Gasteiger partial charge in [0.15, 0.2) is 0 Å². The molecule has 0 aromatic rings. The Morgan fingerprint density at radius 3 is 2.25 bits per heavy atom. The summed E-state index contributed by atoms with van der Waals surface area (Å²) in [6.45, 7) is 11.4. The van der Waals surface area contributed by atoms with Crippen LogP contribution in [-0.2, 0) is 9.53 Å². The molecular formula is C14H28O2. The maximum absolute atomic E-state index is 11.3. The maximum atomic E-state index is 11.3. The average molecular weight is 228 g/mol. The van der Waals surface area contributed by atoms with Crippen LogP contribution in [-0.4, -0.2) is 12.6 Å². The van der Waals surface area contributed by atoms with Gasteiger partial charge in [-0.1, -0.05) is 47.5 Å². The van der Waals surface area contributed by atoms with Crippen LogP contribution in [0.25, 0.3) is 0 Å². The summed E-state index contributed by atoms with van der Waals surface area (Å²) in [5.74, 6) is 0.397. The minimum atomic E-state index is -0.0375. The van der Waals surface area contributed by atoms with Gasteiger partial charge in [-0.2, -0.15) is 0 Å². The van der Waals surface area contributed by atoms with Crippen LogP contribution >= 0.6 is 0 Å². The van der Waals surface area contributed by atoms with Gasteiger partial charge in [0.2, 0.25) is 0 Å².